The van der Waals surface area contributed by atoms with Crippen LogP contribution in [0, 0.1) is 35.0 Å². The maximum atomic E-state index is 13.2. The Labute approximate surface area is 247 Å². The fourth-order valence-corrected chi connectivity index (χ4v) is 6.88. The van der Waals surface area contributed by atoms with Crippen LogP contribution >= 0.6 is 11.6 Å². The SMILES string of the molecule is Cc1ccc(CC2CCN(c3ncc(C(=O)NC4C(C)(C)C(Oc5ccc(C#N)c(Cl)c5)C4(C)C)cn3)CC2)nc1. The molecule has 41 heavy (non-hydrogen) atoms. The number of anilines is 1. The van der Waals surface area contributed by atoms with Gasteiger partial charge in [-0.2, -0.15) is 5.26 Å². The molecule has 1 amide bonds. The number of hydrogen-bond donors (Lipinski definition) is 1. The molecule has 0 radical (unpaired) electrons. The number of nitrogens with one attached hydrogen (secondary N) is 1. The minimum Gasteiger partial charge on any atom is -0.489 e. The predicted molar refractivity (Wildman–Crippen MR) is 159 cm³/mol. The van der Waals surface area contributed by atoms with Crippen molar-refractivity contribution in [1.29, 1.82) is 5.26 Å². The number of piperidine rings is 1. The molecule has 0 bridgehead atoms. The lowest BCUT2D eigenvalue weighted by Crippen LogP contribution is -2.74. The third-order valence-corrected chi connectivity index (χ3v) is 9.01. The van der Waals surface area contributed by atoms with E-state index in [1.54, 1.807) is 30.6 Å². The highest BCUT2D eigenvalue weighted by Crippen LogP contribution is 2.55. The molecule has 1 saturated heterocycles. The largest absolute Gasteiger partial charge is 0.489 e. The summed E-state index contributed by atoms with van der Waals surface area (Å²) < 4.78 is 6.33. The highest BCUT2D eigenvalue weighted by Gasteiger charge is 2.64. The average molecular weight is 573 g/mol. The van der Waals surface area contributed by atoms with Crippen molar-refractivity contribution in [2.24, 2.45) is 16.7 Å². The normalized spacial score (nSPS) is 21.4. The van der Waals surface area contributed by atoms with Gasteiger partial charge in [-0.15, -0.1) is 0 Å². The van der Waals surface area contributed by atoms with E-state index < -0.39 is 0 Å². The van der Waals surface area contributed by atoms with E-state index >= 15 is 0 Å². The van der Waals surface area contributed by atoms with Crippen molar-refractivity contribution in [2.75, 3.05) is 18.0 Å². The van der Waals surface area contributed by atoms with Gasteiger partial charge in [0.1, 0.15) is 17.9 Å². The Kier molecular flexibility index (Phi) is 7.93. The van der Waals surface area contributed by atoms with Crippen LogP contribution in [-0.4, -0.2) is 46.1 Å². The number of pyridine rings is 1. The van der Waals surface area contributed by atoms with Gasteiger partial charge in [0.05, 0.1) is 16.1 Å². The predicted octanol–water partition coefficient (Wildman–Crippen LogP) is 5.78. The maximum Gasteiger partial charge on any atom is 0.254 e. The molecule has 2 fully saturated rings. The number of nitrogens with zero attached hydrogens (tertiary/aromatic N) is 5. The topological polar surface area (TPSA) is 104 Å². The number of rotatable bonds is 7. The number of nitriles is 1. The van der Waals surface area contributed by atoms with Gasteiger partial charge in [0.15, 0.2) is 0 Å². The Bertz CT molecular complexity index is 1420. The summed E-state index contributed by atoms with van der Waals surface area (Å²) in [5, 5.41) is 12.7. The Balaban J connectivity index is 1.16. The molecule has 5 rings (SSSR count). The molecule has 2 aromatic heterocycles. The van der Waals surface area contributed by atoms with Gasteiger partial charge < -0.3 is 15.0 Å². The van der Waals surface area contributed by atoms with E-state index in [0.29, 0.717) is 33.8 Å². The standard InChI is InChI=1S/C32H37ClN6O2/c1-20-6-8-24(35-17-20)14-21-10-12-39(13-11-21)30-36-18-23(19-37-30)27(40)38-28-31(2,3)29(32(28,4)5)41-25-9-7-22(16-34)26(33)15-25/h6-9,15,17-19,21,28-29H,10-14H2,1-5H3,(H,38,40). The Morgan fingerprint density at radius 3 is 2.34 bits per heavy atom. The highest BCUT2D eigenvalue weighted by atomic mass is 35.5. The smallest absolute Gasteiger partial charge is 0.254 e. The number of benzene rings is 1. The van der Waals surface area contributed by atoms with Crippen molar-refractivity contribution < 1.29 is 9.53 Å². The fraction of sp³-hybridized carbons (Fsp3) is 0.469. The fourth-order valence-electron chi connectivity index (χ4n) is 6.66. The number of ether oxygens (including phenoxy) is 1. The molecule has 1 aliphatic heterocycles. The van der Waals surface area contributed by atoms with Crippen LogP contribution in [0.2, 0.25) is 5.02 Å². The van der Waals surface area contributed by atoms with Crippen molar-refractivity contribution in [3.8, 4) is 11.8 Å². The van der Waals surface area contributed by atoms with E-state index in [9.17, 15) is 4.79 Å². The molecule has 2 aliphatic rings. The zero-order valence-corrected chi connectivity index (χ0v) is 25.1. The summed E-state index contributed by atoms with van der Waals surface area (Å²) in [5.74, 6) is 1.66. The number of hydrogen-bond acceptors (Lipinski definition) is 7. The molecule has 1 aromatic carbocycles. The molecule has 9 heteroatoms. The van der Waals surface area contributed by atoms with Crippen LogP contribution < -0.4 is 15.0 Å². The molecule has 3 aromatic rings. The molecule has 1 aliphatic carbocycles. The quantitative estimate of drug-likeness (QED) is 0.383. The first-order valence-electron chi connectivity index (χ1n) is 14.1. The number of carbonyl (C=O) groups excluding carboxylic acids is 1. The molecule has 1 N–H and O–H groups in total. The van der Waals surface area contributed by atoms with Crippen molar-refractivity contribution in [1.82, 2.24) is 20.3 Å². The molecule has 1 saturated carbocycles. The molecule has 0 unspecified atom stereocenters. The van der Waals surface area contributed by atoms with Crippen LogP contribution in [0.1, 0.15) is 67.7 Å². The summed E-state index contributed by atoms with van der Waals surface area (Å²) in [5.41, 5.74) is 2.47. The summed E-state index contributed by atoms with van der Waals surface area (Å²) >= 11 is 6.21. The second-order valence-electron chi connectivity index (χ2n) is 12.5. The number of halogens is 1. The summed E-state index contributed by atoms with van der Waals surface area (Å²) in [6.45, 7) is 12.2. The molecule has 214 valence electrons. The van der Waals surface area contributed by atoms with Crippen molar-refractivity contribution in [2.45, 2.75) is 66.0 Å². The Morgan fingerprint density at radius 1 is 1.07 bits per heavy atom. The Hall–Kier alpha value is -3.70. The molecular weight excluding hydrogens is 536 g/mol. The van der Waals surface area contributed by atoms with Crippen LogP contribution in [-0.2, 0) is 6.42 Å². The van der Waals surface area contributed by atoms with Crippen LogP contribution in [0.5, 0.6) is 5.75 Å². The minimum absolute atomic E-state index is 0.136. The molecule has 8 nitrogen and oxygen atoms in total. The highest BCUT2D eigenvalue weighted by molar-refractivity contribution is 6.31. The van der Waals surface area contributed by atoms with E-state index in [1.165, 1.54) is 5.56 Å². The van der Waals surface area contributed by atoms with Gasteiger partial charge in [-0.05, 0) is 55.9 Å². The van der Waals surface area contributed by atoms with Crippen LogP contribution in [0.15, 0.2) is 48.9 Å². The first-order valence-corrected chi connectivity index (χ1v) is 14.5. The first-order chi connectivity index (χ1) is 19.5. The van der Waals surface area contributed by atoms with E-state index in [4.69, 9.17) is 21.6 Å². The molecule has 0 atom stereocenters. The summed E-state index contributed by atoms with van der Waals surface area (Å²) in [4.78, 5) is 29.1. The summed E-state index contributed by atoms with van der Waals surface area (Å²) in [6, 6.07) is 11.3. The summed E-state index contributed by atoms with van der Waals surface area (Å²) in [6.07, 6.45) is 8.11. The summed E-state index contributed by atoms with van der Waals surface area (Å²) in [7, 11) is 0. The van der Waals surface area contributed by atoms with Gasteiger partial charge in [0.25, 0.3) is 5.91 Å². The third kappa shape index (κ3) is 5.87. The van der Waals surface area contributed by atoms with Crippen LogP contribution in [0.4, 0.5) is 5.95 Å². The molecular formula is C32H37ClN6O2. The lowest BCUT2D eigenvalue weighted by atomic mass is 9.49. The lowest BCUT2D eigenvalue weighted by Gasteiger charge is -2.63. The second-order valence-corrected chi connectivity index (χ2v) is 12.9. The number of amides is 1. The van der Waals surface area contributed by atoms with Gasteiger partial charge in [0, 0.05) is 60.3 Å². The average Bonchev–Trinajstić information content (AvgIpc) is 2.96. The van der Waals surface area contributed by atoms with Gasteiger partial charge in [-0.1, -0.05) is 45.4 Å². The van der Waals surface area contributed by atoms with E-state index in [1.807, 2.05) is 6.20 Å². The second kappa shape index (κ2) is 11.3. The van der Waals surface area contributed by atoms with Gasteiger partial charge in [0.2, 0.25) is 5.95 Å². The third-order valence-electron chi connectivity index (χ3n) is 8.70. The minimum atomic E-state index is -0.348. The first kappa shape index (κ1) is 28.8. The van der Waals surface area contributed by atoms with Crippen LogP contribution in [0.3, 0.4) is 0 Å². The Morgan fingerprint density at radius 2 is 1.76 bits per heavy atom. The monoisotopic (exact) mass is 572 g/mol. The number of aryl methyl sites for hydroxylation is 1. The van der Waals surface area contributed by atoms with Gasteiger partial charge in [-0.25, -0.2) is 9.97 Å². The van der Waals surface area contributed by atoms with E-state index in [0.717, 1.165) is 38.0 Å². The number of aromatic nitrogens is 3. The van der Waals surface area contributed by atoms with Gasteiger partial charge in [-0.3, -0.25) is 9.78 Å². The zero-order valence-electron chi connectivity index (χ0n) is 24.3. The van der Waals surface area contributed by atoms with Crippen molar-refractivity contribution in [3.63, 3.8) is 0 Å². The van der Waals surface area contributed by atoms with E-state index in [-0.39, 0.29) is 28.9 Å². The molecule has 0 spiro atoms. The molecule has 3 heterocycles. The van der Waals surface area contributed by atoms with Crippen LogP contribution in [0.25, 0.3) is 0 Å². The maximum absolute atomic E-state index is 13.2. The lowest BCUT2D eigenvalue weighted by molar-refractivity contribution is -0.164. The van der Waals surface area contributed by atoms with Crippen molar-refractivity contribution in [3.05, 3.63) is 76.3 Å². The number of carbonyl (C=O) groups is 1. The van der Waals surface area contributed by atoms with Gasteiger partial charge >= 0.3 is 0 Å². The van der Waals surface area contributed by atoms with Crippen molar-refractivity contribution >= 4 is 23.5 Å². The zero-order chi connectivity index (χ0) is 29.4. The van der Waals surface area contributed by atoms with E-state index in [2.05, 4.69) is 78.0 Å².